The SMILES string of the molecule is CC1=NN(C(=O)C2CCN(S(C)(=O)=O)CC2)[C@](O)(C(F)(F)F)C1. The van der Waals surface area contributed by atoms with Crippen LogP contribution in [0.5, 0.6) is 0 Å². The maximum Gasteiger partial charge on any atom is 0.438 e. The van der Waals surface area contributed by atoms with Gasteiger partial charge in [-0.2, -0.15) is 23.3 Å². The van der Waals surface area contributed by atoms with E-state index in [2.05, 4.69) is 5.10 Å². The van der Waals surface area contributed by atoms with E-state index in [0.717, 1.165) is 6.26 Å². The maximum absolute atomic E-state index is 13.1. The standard InChI is InChI=1S/C12H18F3N3O4S/c1-8-7-11(20,12(13,14)15)18(16-8)10(19)9-3-5-17(6-4-9)23(2,21)22/h9,20H,3-7H2,1-2H3/t11-/m1/s1. The number of piperidine rings is 1. The van der Waals surface area contributed by atoms with E-state index in [1.807, 2.05) is 0 Å². The van der Waals surface area contributed by atoms with Crippen LogP contribution >= 0.6 is 0 Å². The number of nitrogens with zero attached hydrogens (tertiary/aromatic N) is 3. The molecule has 1 N–H and O–H groups in total. The van der Waals surface area contributed by atoms with Gasteiger partial charge in [-0.3, -0.25) is 4.79 Å². The Kier molecular flexibility index (Phi) is 4.50. The van der Waals surface area contributed by atoms with E-state index in [0.29, 0.717) is 0 Å². The quantitative estimate of drug-likeness (QED) is 0.780. The van der Waals surface area contributed by atoms with Crippen molar-refractivity contribution in [1.82, 2.24) is 9.31 Å². The predicted octanol–water partition coefficient (Wildman–Crippen LogP) is 0.517. The van der Waals surface area contributed by atoms with Crippen molar-refractivity contribution >= 4 is 21.6 Å². The average Bonchev–Trinajstić information content (AvgIpc) is 2.73. The topological polar surface area (TPSA) is 90.3 Å². The summed E-state index contributed by atoms with van der Waals surface area (Å²) in [6, 6.07) is 0. The highest BCUT2D eigenvalue weighted by Gasteiger charge is 2.63. The van der Waals surface area contributed by atoms with Gasteiger partial charge >= 0.3 is 6.18 Å². The first-order valence-corrected chi connectivity index (χ1v) is 8.83. The van der Waals surface area contributed by atoms with Gasteiger partial charge < -0.3 is 5.11 Å². The van der Waals surface area contributed by atoms with Gasteiger partial charge in [0.1, 0.15) is 0 Å². The Morgan fingerprint density at radius 2 is 1.87 bits per heavy atom. The van der Waals surface area contributed by atoms with Crippen molar-refractivity contribution in [2.24, 2.45) is 11.0 Å². The molecule has 0 aromatic heterocycles. The highest BCUT2D eigenvalue weighted by Crippen LogP contribution is 2.41. The fourth-order valence-electron chi connectivity index (χ4n) is 2.78. The molecule has 2 aliphatic rings. The van der Waals surface area contributed by atoms with Crippen molar-refractivity contribution in [2.45, 2.75) is 38.1 Å². The molecule has 0 radical (unpaired) electrons. The summed E-state index contributed by atoms with van der Waals surface area (Å²) < 4.78 is 63.3. The number of hydrazone groups is 1. The second-order valence-electron chi connectivity index (χ2n) is 5.91. The van der Waals surface area contributed by atoms with Gasteiger partial charge in [0.2, 0.25) is 15.9 Å². The normalized spacial score (nSPS) is 28.1. The molecule has 0 aromatic carbocycles. The second kappa shape index (κ2) is 5.71. The second-order valence-corrected chi connectivity index (χ2v) is 7.90. The summed E-state index contributed by atoms with van der Waals surface area (Å²) in [5, 5.41) is 13.6. The molecule has 0 saturated carbocycles. The molecule has 1 amide bonds. The van der Waals surface area contributed by atoms with Crippen molar-refractivity contribution in [3.63, 3.8) is 0 Å². The summed E-state index contributed by atoms with van der Waals surface area (Å²) in [7, 11) is -3.40. The van der Waals surface area contributed by atoms with Crippen LogP contribution in [0.4, 0.5) is 13.2 Å². The lowest BCUT2D eigenvalue weighted by molar-refractivity contribution is -0.303. The van der Waals surface area contributed by atoms with Gasteiger partial charge in [-0.05, 0) is 19.8 Å². The molecule has 0 aromatic rings. The van der Waals surface area contributed by atoms with E-state index >= 15 is 0 Å². The van der Waals surface area contributed by atoms with Crippen LogP contribution in [0.3, 0.4) is 0 Å². The number of alkyl halides is 3. The van der Waals surface area contributed by atoms with Crippen LogP contribution in [-0.2, 0) is 14.8 Å². The molecular formula is C12H18F3N3O4S. The van der Waals surface area contributed by atoms with E-state index < -0.39 is 40.2 Å². The Hall–Kier alpha value is -1.20. The van der Waals surface area contributed by atoms with Gasteiger partial charge in [-0.1, -0.05) is 0 Å². The molecule has 0 unspecified atom stereocenters. The zero-order valence-corrected chi connectivity index (χ0v) is 13.5. The number of hydrogen-bond acceptors (Lipinski definition) is 5. The number of sulfonamides is 1. The Bertz CT molecular complexity index is 626. The van der Waals surface area contributed by atoms with Gasteiger partial charge in [0, 0.05) is 31.1 Å². The third kappa shape index (κ3) is 3.36. The van der Waals surface area contributed by atoms with E-state index in [1.54, 1.807) is 0 Å². The molecule has 11 heteroatoms. The molecule has 23 heavy (non-hydrogen) atoms. The Labute approximate surface area is 131 Å². The molecule has 2 aliphatic heterocycles. The number of aliphatic hydroxyl groups is 1. The highest BCUT2D eigenvalue weighted by molar-refractivity contribution is 7.88. The first-order valence-electron chi connectivity index (χ1n) is 6.98. The summed E-state index contributed by atoms with van der Waals surface area (Å²) in [6.45, 7) is 1.41. The van der Waals surface area contributed by atoms with Crippen LogP contribution in [0.25, 0.3) is 0 Å². The molecule has 0 bridgehead atoms. The molecule has 0 spiro atoms. The lowest BCUT2D eigenvalue weighted by atomic mass is 9.95. The Balaban J connectivity index is 2.14. The third-order valence-electron chi connectivity index (χ3n) is 4.06. The highest BCUT2D eigenvalue weighted by atomic mass is 32.2. The number of hydrogen-bond donors (Lipinski definition) is 1. The van der Waals surface area contributed by atoms with Gasteiger partial charge in [-0.15, -0.1) is 0 Å². The third-order valence-corrected chi connectivity index (χ3v) is 5.36. The van der Waals surface area contributed by atoms with E-state index in [4.69, 9.17) is 0 Å². The molecule has 2 heterocycles. The molecule has 2 rings (SSSR count). The van der Waals surface area contributed by atoms with Crippen LogP contribution in [0, 0.1) is 5.92 Å². The molecule has 132 valence electrons. The van der Waals surface area contributed by atoms with Gasteiger partial charge in [0.05, 0.1) is 6.26 Å². The van der Waals surface area contributed by atoms with Crippen molar-refractivity contribution in [3.05, 3.63) is 0 Å². The van der Waals surface area contributed by atoms with E-state index in [1.165, 1.54) is 11.2 Å². The van der Waals surface area contributed by atoms with Crippen molar-refractivity contribution in [3.8, 4) is 0 Å². The number of halogens is 3. The summed E-state index contributed by atoms with van der Waals surface area (Å²) in [5.41, 5.74) is -3.32. The minimum Gasteiger partial charge on any atom is -0.362 e. The van der Waals surface area contributed by atoms with E-state index in [9.17, 15) is 31.5 Å². The molecule has 1 atom stereocenters. The zero-order chi connectivity index (χ0) is 17.6. The summed E-state index contributed by atoms with van der Waals surface area (Å²) >= 11 is 0. The molecule has 7 nitrogen and oxygen atoms in total. The number of carbonyl (C=O) groups is 1. The minimum atomic E-state index is -5.03. The van der Waals surface area contributed by atoms with E-state index in [-0.39, 0.29) is 36.7 Å². The van der Waals surface area contributed by atoms with Crippen LogP contribution < -0.4 is 0 Å². The average molecular weight is 357 g/mol. The van der Waals surface area contributed by atoms with Crippen LogP contribution in [0.2, 0.25) is 0 Å². The molecular weight excluding hydrogens is 339 g/mol. The minimum absolute atomic E-state index is 0.00625. The lowest BCUT2D eigenvalue weighted by Gasteiger charge is -2.36. The number of amides is 1. The van der Waals surface area contributed by atoms with Crippen molar-refractivity contribution < 1.29 is 31.5 Å². The van der Waals surface area contributed by atoms with Gasteiger partial charge in [-0.25, -0.2) is 12.7 Å². The van der Waals surface area contributed by atoms with Gasteiger partial charge in [0.15, 0.2) is 0 Å². The van der Waals surface area contributed by atoms with Gasteiger partial charge in [0.25, 0.3) is 5.72 Å². The fourth-order valence-corrected chi connectivity index (χ4v) is 3.65. The summed E-state index contributed by atoms with van der Waals surface area (Å²) in [5.74, 6) is -1.74. The van der Waals surface area contributed by atoms with Crippen LogP contribution in [0.1, 0.15) is 26.2 Å². The Morgan fingerprint density at radius 3 is 2.30 bits per heavy atom. The molecule has 0 aliphatic carbocycles. The van der Waals surface area contributed by atoms with Crippen molar-refractivity contribution in [2.75, 3.05) is 19.3 Å². The van der Waals surface area contributed by atoms with Crippen LogP contribution in [-0.4, -0.2) is 65.7 Å². The van der Waals surface area contributed by atoms with Crippen molar-refractivity contribution in [1.29, 1.82) is 0 Å². The number of rotatable bonds is 2. The van der Waals surface area contributed by atoms with Crippen LogP contribution in [0.15, 0.2) is 5.10 Å². The monoisotopic (exact) mass is 357 g/mol. The first kappa shape index (κ1) is 18.1. The first-order chi connectivity index (χ1) is 10.4. The fraction of sp³-hybridized carbons (Fsp3) is 0.833. The maximum atomic E-state index is 13.1. The summed E-state index contributed by atoms with van der Waals surface area (Å²) in [4.78, 5) is 12.4. The molecule has 1 fully saturated rings. The summed E-state index contributed by atoms with van der Waals surface area (Å²) in [6.07, 6.45) is -4.61. The predicted molar refractivity (Wildman–Crippen MR) is 74.7 cm³/mol. The lowest BCUT2D eigenvalue weighted by Crippen LogP contribution is -2.58. The number of carbonyl (C=O) groups excluding carboxylic acids is 1. The molecule has 1 saturated heterocycles. The zero-order valence-electron chi connectivity index (χ0n) is 12.7. The largest absolute Gasteiger partial charge is 0.438 e. The Morgan fingerprint density at radius 1 is 1.35 bits per heavy atom. The smallest absolute Gasteiger partial charge is 0.362 e.